The summed E-state index contributed by atoms with van der Waals surface area (Å²) in [7, 11) is 0. The minimum atomic E-state index is -1.22. The number of nitrogens with one attached hydrogen (secondary N) is 5. The van der Waals surface area contributed by atoms with Crippen molar-refractivity contribution < 1.29 is 48.5 Å². The van der Waals surface area contributed by atoms with E-state index in [1.807, 2.05) is 0 Å². The highest BCUT2D eigenvalue weighted by Crippen LogP contribution is 2.12. The Morgan fingerprint density at radius 1 is 0.814 bits per heavy atom. The standard InChI is InChI=1S/C28H41N5O10/c1-6-43-28(42)30-17(5)25(39)32-21(13-18-7-9-20(35)10-8-18)26(40)33-23(15(2)3)27(41)29-16(4)24(38)31-19(11-12-34)14-22(36)37/h7-10,12,15-17,19,21,23,35H,6,11,13-14H2,1-5H3,(H,29,41)(H,30,42)(H,31,38)(H,32,39)(H,33,40)(H,36,37)/t16-,17-,19+,21-,23-/m0/s1. The highest BCUT2D eigenvalue weighted by Gasteiger charge is 2.32. The van der Waals surface area contributed by atoms with E-state index in [0.29, 0.717) is 11.8 Å². The molecule has 15 nitrogen and oxygen atoms in total. The second-order valence-electron chi connectivity index (χ2n) is 10.2. The SMILES string of the molecule is CCOC(=O)N[C@@H](C)C(=O)N[C@@H](Cc1ccc(O)cc1)C(=O)N[C@H](C(=O)N[C@@H](C)C(=O)N[C@H](CC=O)CC(=O)O)C(C)C. The van der Waals surface area contributed by atoms with Crippen LogP contribution in [0.4, 0.5) is 4.79 Å². The van der Waals surface area contributed by atoms with E-state index in [1.165, 1.54) is 26.0 Å². The number of hydrogen-bond donors (Lipinski definition) is 7. The zero-order valence-electron chi connectivity index (χ0n) is 24.8. The lowest BCUT2D eigenvalue weighted by molar-refractivity contribution is -0.138. The smallest absolute Gasteiger partial charge is 0.407 e. The molecule has 238 valence electrons. The van der Waals surface area contributed by atoms with Gasteiger partial charge in [0.1, 0.15) is 36.2 Å². The number of rotatable bonds is 17. The summed E-state index contributed by atoms with van der Waals surface area (Å²) in [5, 5.41) is 31.0. The fourth-order valence-electron chi connectivity index (χ4n) is 3.79. The lowest BCUT2D eigenvalue weighted by Gasteiger charge is -2.27. The summed E-state index contributed by atoms with van der Waals surface area (Å²) in [5.74, 6) is -4.57. The summed E-state index contributed by atoms with van der Waals surface area (Å²) >= 11 is 0. The molecule has 15 heteroatoms. The molecule has 0 fully saturated rings. The lowest BCUT2D eigenvalue weighted by Crippen LogP contribution is -2.59. The molecule has 0 unspecified atom stereocenters. The van der Waals surface area contributed by atoms with Crippen molar-refractivity contribution in [3.05, 3.63) is 29.8 Å². The quantitative estimate of drug-likeness (QED) is 0.115. The number of phenolic OH excluding ortho intramolecular Hbond substituents is 1. The molecule has 7 N–H and O–H groups in total. The highest BCUT2D eigenvalue weighted by atomic mass is 16.5. The number of aldehydes is 1. The third-order valence-corrected chi connectivity index (χ3v) is 6.16. The number of benzene rings is 1. The van der Waals surface area contributed by atoms with Gasteiger partial charge in [0.15, 0.2) is 0 Å². The van der Waals surface area contributed by atoms with Crippen LogP contribution in [-0.2, 0) is 39.9 Å². The lowest BCUT2D eigenvalue weighted by atomic mass is 10.0. The number of carboxylic acids is 1. The second-order valence-corrected chi connectivity index (χ2v) is 10.2. The molecule has 1 aromatic carbocycles. The maximum atomic E-state index is 13.4. The van der Waals surface area contributed by atoms with Gasteiger partial charge in [0, 0.05) is 18.9 Å². The normalized spacial score (nSPS) is 14.2. The number of carboxylic acid groups (broad SMARTS) is 1. The van der Waals surface area contributed by atoms with Gasteiger partial charge in [0.2, 0.25) is 23.6 Å². The summed E-state index contributed by atoms with van der Waals surface area (Å²) in [4.78, 5) is 85.5. The minimum Gasteiger partial charge on any atom is -0.508 e. The molecular formula is C28H41N5O10. The Hall–Kier alpha value is -4.69. The summed E-state index contributed by atoms with van der Waals surface area (Å²) in [6.07, 6.45) is -1.09. The van der Waals surface area contributed by atoms with Crippen LogP contribution in [0.15, 0.2) is 24.3 Å². The van der Waals surface area contributed by atoms with Gasteiger partial charge in [-0.2, -0.15) is 0 Å². The van der Waals surface area contributed by atoms with Gasteiger partial charge in [-0.25, -0.2) is 4.79 Å². The van der Waals surface area contributed by atoms with E-state index in [0.717, 1.165) is 0 Å². The van der Waals surface area contributed by atoms with E-state index in [1.54, 1.807) is 32.9 Å². The van der Waals surface area contributed by atoms with Gasteiger partial charge in [0.25, 0.3) is 0 Å². The number of aromatic hydroxyl groups is 1. The number of amides is 5. The molecule has 0 spiro atoms. The van der Waals surface area contributed by atoms with Crippen LogP contribution in [0, 0.1) is 5.92 Å². The van der Waals surface area contributed by atoms with Crippen LogP contribution in [0.5, 0.6) is 5.75 Å². The van der Waals surface area contributed by atoms with Crippen molar-refractivity contribution in [1.82, 2.24) is 26.6 Å². The average Bonchev–Trinajstić information content (AvgIpc) is 2.91. The van der Waals surface area contributed by atoms with E-state index in [4.69, 9.17) is 9.84 Å². The van der Waals surface area contributed by atoms with Crippen molar-refractivity contribution in [3.8, 4) is 5.75 Å². The molecule has 0 bridgehead atoms. The van der Waals surface area contributed by atoms with Crippen LogP contribution < -0.4 is 26.6 Å². The average molecular weight is 608 g/mol. The van der Waals surface area contributed by atoms with Gasteiger partial charge < -0.3 is 46.3 Å². The molecule has 0 heterocycles. The van der Waals surface area contributed by atoms with Crippen LogP contribution in [0.3, 0.4) is 0 Å². The topological polar surface area (TPSA) is 229 Å². The summed E-state index contributed by atoms with van der Waals surface area (Å²) in [5.41, 5.74) is 0.575. The van der Waals surface area contributed by atoms with Crippen molar-refractivity contribution in [2.45, 2.75) is 84.1 Å². The van der Waals surface area contributed by atoms with E-state index in [9.17, 15) is 38.7 Å². The Bertz CT molecular complexity index is 1140. The first-order chi connectivity index (χ1) is 20.2. The van der Waals surface area contributed by atoms with Crippen molar-refractivity contribution >= 4 is 42.0 Å². The van der Waals surface area contributed by atoms with E-state index >= 15 is 0 Å². The van der Waals surface area contributed by atoms with Crippen molar-refractivity contribution in [3.63, 3.8) is 0 Å². The third-order valence-electron chi connectivity index (χ3n) is 6.16. The molecule has 1 rings (SSSR count). The Kier molecular flexibility index (Phi) is 15.2. The first-order valence-electron chi connectivity index (χ1n) is 13.8. The molecule has 5 amide bonds. The monoisotopic (exact) mass is 607 g/mol. The Morgan fingerprint density at radius 3 is 1.93 bits per heavy atom. The predicted molar refractivity (Wildman–Crippen MR) is 153 cm³/mol. The fraction of sp³-hybridized carbons (Fsp3) is 0.536. The van der Waals surface area contributed by atoms with Gasteiger partial charge in [-0.3, -0.25) is 24.0 Å². The van der Waals surface area contributed by atoms with Crippen LogP contribution in [-0.4, -0.2) is 89.0 Å². The maximum absolute atomic E-state index is 13.4. The van der Waals surface area contributed by atoms with Crippen LogP contribution in [0.2, 0.25) is 0 Å². The van der Waals surface area contributed by atoms with Gasteiger partial charge in [-0.1, -0.05) is 26.0 Å². The van der Waals surface area contributed by atoms with Gasteiger partial charge in [-0.15, -0.1) is 0 Å². The van der Waals surface area contributed by atoms with Crippen LogP contribution >= 0.6 is 0 Å². The number of carbonyl (C=O) groups excluding carboxylic acids is 6. The number of carbonyl (C=O) groups is 7. The first-order valence-corrected chi connectivity index (χ1v) is 13.8. The zero-order valence-corrected chi connectivity index (χ0v) is 24.8. The van der Waals surface area contributed by atoms with Crippen molar-refractivity contribution in [2.24, 2.45) is 5.92 Å². The molecule has 43 heavy (non-hydrogen) atoms. The Balaban J connectivity index is 3.05. The second kappa shape index (κ2) is 18.0. The summed E-state index contributed by atoms with van der Waals surface area (Å²) < 4.78 is 4.78. The summed E-state index contributed by atoms with van der Waals surface area (Å²) in [6, 6.07) is 0.382. The molecular weight excluding hydrogens is 566 g/mol. The number of phenols is 1. The van der Waals surface area contributed by atoms with E-state index in [-0.39, 0.29) is 25.2 Å². The molecule has 0 saturated carbocycles. The molecule has 0 radical (unpaired) electrons. The Morgan fingerprint density at radius 2 is 1.40 bits per heavy atom. The number of ether oxygens (including phenoxy) is 1. The molecule has 0 aliphatic rings. The van der Waals surface area contributed by atoms with Crippen LogP contribution in [0.1, 0.15) is 53.0 Å². The summed E-state index contributed by atoms with van der Waals surface area (Å²) in [6.45, 7) is 7.75. The van der Waals surface area contributed by atoms with Gasteiger partial charge in [0.05, 0.1) is 13.0 Å². The number of hydrogen-bond acceptors (Lipinski definition) is 9. The van der Waals surface area contributed by atoms with Crippen molar-refractivity contribution in [1.29, 1.82) is 0 Å². The first kappa shape index (κ1) is 36.3. The predicted octanol–water partition coefficient (Wildman–Crippen LogP) is -0.252. The molecule has 0 aliphatic carbocycles. The molecule has 1 aromatic rings. The van der Waals surface area contributed by atoms with E-state index in [2.05, 4.69) is 26.6 Å². The third kappa shape index (κ3) is 13.2. The number of alkyl carbamates (subject to hydrolysis) is 1. The van der Waals surface area contributed by atoms with Gasteiger partial charge >= 0.3 is 12.1 Å². The highest BCUT2D eigenvalue weighted by molar-refractivity contribution is 5.95. The molecule has 5 atom stereocenters. The number of aliphatic carboxylic acids is 1. The van der Waals surface area contributed by atoms with Crippen LogP contribution in [0.25, 0.3) is 0 Å². The molecule has 0 aliphatic heterocycles. The largest absolute Gasteiger partial charge is 0.508 e. The van der Waals surface area contributed by atoms with E-state index < -0.39 is 78.2 Å². The minimum absolute atomic E-state index is 0.00353. The van der Waals surface area contributed by atoms with Gasteiger partial charge in [-0.05, 0) is 44.4 Å². The Labute approximate surface area is 249 Å². The fourth-order valence-corrected chi connectivity index (χ4v) is 3.79. The molecule has 0 saturated heterocycles. The zero-order chi connectivity index (χ0) is 32.7. The molecule has 0 aromatic heterocycles. The van der Waals surface area contributed by atoms with Crippen molar-refractivity contribution in [2.75, 3.05) is 6.61 Å². The maximum Gasteiger partial charge on any atom is 0.407 e.